The summed E-state index contributed by atoms with van der Waals surface area (Å²) in [6.45, 7) is -0.251. The quantitative estimate of drug-likeness (QED) is 0.289. The fourth-order valence-electron chi connectivity index (χ4n) is 5.29. The molecule has 3 amide bonds. The molecule has 12 heteroatoms. The lowest BCUT2D eigenvalue weighted by atomic mass is 9.83. The SMILES string of the molecule is COc1ccc(NC(=O)Cn2c3c(sc2=O)[C@@H](c2ccc(OC)cc2)[C@H]2C(=O)N(c4ccc(Cl)cc4)C(=O)[C@H]2S3)cc1. The molecule has 3 heterocycles. The van der Waals surface area contributed by atoms with Crippen LogP contribution in [0.15, 0.2) is 82.6 Å². The van der Waals surface area contributed by atoms with E-state index in [4.69, 9.17) is 21.1 Å². The monoisotopic (exact) mass is 621 g/mol. The van der Waals surface area contributed by atoms with Crippen LogP contribution in [0.3, 0.4) is 0 Å². The van der Waals surface area contributed by atoms with Crippen LogP contribution in [0.5, 0.6) is 11.5 Å². The van der Waals surface area contributed by atoms with Crippen molar-refractivity contribution >= 4 is 63.8 Å². The van der Waals surface area contributed by atoms with Gasteiger partial charge in [0.1, 0.15) is 23.3 Å². The van der Waals surface area contributed by atoms with E-state index < -0.39 is 23.0 Å². The lowest BCUT2D eigenvalue weighted by Gasteiger charge is -2.30. The molecule has 2 aliphatic rings. The lowest BCUT2D eigenvalue weighted by molar-refractivity contribution is -0.122. The van der Waals surface area contributed by atoms with Crippen molar-refractivity contribution in [2.45, 2.75) is 22.7 Å². The number of nitrogens with zero attached hydrogens (tertiary/aromatic N) is 2. The number of anilines is 2. The fourth-order valence-corrected chi connectivity index (χ4v) is 8.19. The number of methoxy groups -OCH3 is 2. The summed E-state index contributed by atoms with van der Waals surface area (Å²) >= 11 is 8.21. The normalized spacial score (nSPS) is 19.3. The number of fused-ring (bicyclic) bond motifs is 2. The molecule has 6 rings (SSSR count). The van der Waals surface area contributed by atoms with E-state index in [1.165, 1.54) is 9.47 Å². The van der Waals surface area contributed by atoms with Crippen LogP contribution in [0.4, 0.5) is 11.4 Å². The smallest absolute Gasteiger partial charge is 0.308 e. The number of ether oxygens (including phenoxy) is 2. The van der Waals surface area contributed by atoms with Gasteiger partial charge in [-0.25, -0.2) is 4.90 Å². The van der Waals surface area contributed by atoms with Gasteiger partial charge in [0.05, 0.1) is 30.9 Å². The Bertz CT molecular complexity index is 1730. The van der Waals surface area contributed by atoms with Crippen molar-refractivity contribution in [1.82, 2.24) is 4.57 Å². The number of imide groups is 1. The summed E-state index contributed by atoms with van der Waals surface area (Å²) in [5, 5.41) is 3.01. The van der Waals surface area contributed by atoms with Crippen LogP contribution >= 0.6 is 34.7 Å². The maximum Gasteiger partial charge on any atom is 0.308 e. The molecule has 1 saturated heterocycles. The van der Waals surface area contributed by atoms with Crippen LogP contribution in [0.25, 0.3) is 0 Å². The molecule has 214 valence electrons. The zero-order valence-electron chi connectivity index (χ0n) is 22.4. The second kappa shape index (κ2) is 11.3. The van der Waals surface area contributed by atoms with Crippen LogP contribution in [0, 0.1) is 5.92 Å². The van der Waals surface area contributed by atoms with Crippen LogP contribution in [-0.4, -0.2) is 41.8 Å². The molecule has 1 fully saturated rings. The molecule has 3 atom stereocenters. The third-order valence-corrected chi connectivity index (χ3v) is 10.1. The molecule has 0 spiro atoms. The molecule has 0 bridgehead atoms. The summed E-state index contributed by atoms with van der Waals surface area (Å²) in [5.74, 6) is -1.17. The van der Waals surface area contributed by atoms with E-state index in [0.717, 1.165) is 28.7 Å². The molecule has 42 heavy (non-hydrogen) atoms. The second-order valence-electron chi connectivity index (χ2n) is 9.70. The minimum atomic E-state index is -0.794. The molecule has 0 radical (unpaired) electrons. The Kier molecular flexibility index (Phi) is 7.56. The Balaban J connectivity index is 1.38. The van der Waals surface area contributed by atoms with E-state index in [1.54, 1.807) is 74.9 Å². The van der Waals surface area contributed by atoms with Crippen LogP contribution in [-0.2, 0) is 20.9 Å². The molecule has 1 aromatic heterocycles. The fraction of sp³-hybridized carbons (Fsp3) is 0.200. The number of nitrogens with one attached hydrogen (secondary N) is 1. The number of amides is 3. The summed E-state index contributed by atoms with van der Waals surface area (Å²) < 4.78 is 11.9. The average molecular weight is 622 g/mol. The van der Waals surface area contributed by atoms with Gasteiger partial charge in [-0.3, -0.25) is 23.7 Å². The Morgan fingerprint density at radius 3 is 2.12 bits per heavy atom. The van der Waals surface area contributed by atoms with Gasteiger partial charge in [-0.2, -0.15) is 0 Å². The topological polar surface area (TPSA) is 107 Å². The molecule has 0 saturated carbocycles. The van der Waals surface area contributed by atoms with Crippen molar-refractivity contribution in [2.75, 3.05) is 24.4 Å². The van der Waals surface area contributed by atoms with Gasteiger partial charge in [-0.05, 0) is 66.2 Å². The van der Waals surface area contributed by atoms with E-state index >= 15 is 0 Å². The van der Waals surface area contributed by atoms with Gasteiger partial charge in [0.2, 0.25) is 17.7 Å². The highest BCUT2D eigenvalue weighted by Crippen LogP contribution is 2.54. The Hall–Kier alpha value is -4.06. The lowest BCUT2D eigenvalue weighted by Crippen LogP contribution is -2.33. The number of benzene rings is 3. The highest BCUT2D eigenvalue weighted by atomic mass is 35.5. The minimum Gasteiger partial charge on any atom is -0.497 e. The van der Waals surface area contributed by atoms with E-state index in [-0.39, 0.29) is 23.2 Å². The summed E-state index contributed by atoms with van der Waals surface area (Å²) in [5.41, 5.74) is 1.75. The van der Waals surface area contributed by atoms with Gasteiger partial charge in [0, 0.05) is 21.5 Å². The van der Waals surface area contributed by atoms with Gasteiger partial charge in [-0.15, -0.1) is 0 Å². The molecule has 1 N–H and O–H groups in total. The first-order chi connectivity index (χ1) is 20.3. The number of rotatable bonds is 7. The highest BCUT2D eigenvalue weighted by Gasteiger charge is 2.56. The summed E-state index contributed by atoms with van der Waals surface area (Å²) in [6, 6.07) is 20.6. The molecule has 9 nitrogen and oxygen atoms in total. The Labute approximate surface area is 254 Å². The van der Waals surface area contributed by atoms with Gasteiger partial charge >= 0.3 is 4.87 Å². The van der Waals surface area contributed by atoms with E-state index in [2.05, 4.69) is 5.32 Å². The molecule has 3 aromatic carbocycles. The van der Waals surface area contributed by atoms with Gasteiger partial charge in [0.25, 0.3) is 0 Å². The number of carbonyl (C=O) groups excluding carboxylic acids is 3. The van der Waals surface area contributed by atoms with Crippen LogP contribution in [0.2, 0.25) is 5.02 Å². The Morgan fingerprint density at radius 2 is 1.50 bits per heavy atom. The van der Waals surface area contributed by atoms with E-state index in [9.17, 15) is 19.2 Å². The summed E-state index contributed by atoms with van der Waals surface area (Å²) in [4.78, 5) is 55.6. The minimum absolute atomic E-state index is 0.251. The summed E-state index contributed by atoms with van der Waals surface area (Å²) in [7, 11) is 3.12. The van der Waals surface area contributed by atoms with Crippen molar-refractivity contribution in [3.8, 4) is 11.5 Å². The average Bonchev–Trinajstić information content (AvgIpc) is 3.44. The molecular formula is C30H24ClN3O6S2. The number of hydrogen-bond donors (Lipinski definition) is 1. The first kappa shape index (κ1) is 28.1. The van der Waals surface area contributed by atoms with Gasteiger partial charge < -0.3 is 14.8 Å². The molecule has 0 unspecified atom stereocenters. The second-order valence-corrected chi connectivity index (χ2v) is 12.3. The zero-order chi connectivity index (χ0) is 29.5. The molecular weight excluding hydrogens is 598 g/mol. The van der Waals surface area contributed by atoms with Crippen molar-refractivity contribution < 1.29 is 23.9 Å². The van der Waals surface area contributed by atoms with Crippen molar-refractivity contribution in [3.05, 3.63) is 97.9 Å². The predicted octanol–water partition coefficient (Wildman–Crippen LogP) is 5.01. The third-order valence-electron chi connectivity index (χ3n) is 7.28. The van der Waals surface area contributed by atoms with Crippen molar-refractivity contribution in [1.29, 1.82) is 0 Å². The number of aromatic nitrogens is 1. The number of thiazole rings is 1. The largest absolute Gasteiger partial charge is 0.497 e. The first-order valence-corrected chi connectivity index (χ1v) is 15.0. The van der Waals surface area contributed by atoms with Crippen LogP contribution < -0.4 is 24.6 Å². The van der Waals surface area contributed by atoms with Crippen molar-refractivity contribution in [2.24, 2.45) is 5.92 Å². The van der Waals surface area contributed by atoms with Gasteiger partial charge in [0.15, 0.2) is 0 Å². The number of hydrogen-bond acceptors (Lipinski definition) is 8. The number of thioether (sulfide) groups is 1. The van der Waals surface area contributed by atoms with Crippen molar-refractivity contribution in [3.63, 3.8) is 0 Å². The number of halogens is 1. The number of carbonyl (C=O) groups is 3. The molecule has 2 aliphatic heterocycles. The molecule has 0 aliphatic carbocycles. The maximum atomic E-state index is 14.0. The predicted molar refractivity (Wildman–Crippen MR) is 162 cm³/mol. The Morgan fingerprint density at radius 1 is 0.881 bits per heavy atom. The van der Waals surface area contributed by atoms with Gasteiger partial charge in [-0.1, -0.05) is 46.8 Å². The van der Waals surface area contributed by atoms with Crippen LogP contribution in [0.1, 0.15) is 16.4 Å². The highest BCUT2D eigenvalue weighted by molar-refractivity contribution is 8.00. The zero-order valence-corrected chi connectivity index (χ0v) is 24.8. The van der Waals surface area contributed by atoms with E-state index in [1.807, 2.05) is 12.1 Å². The van der Waals surface area contributed by atoms with E-state index in [0.29, 0.717) is 37.8 Å². The first-order valence-electron chi connectivity index (χ1n) is 12.9. The maximum absolute atomic E-state index is 14.0. The standard InChI is InChI=1S/C30H24ClN3O6S2/c1-39-20-11-3-16(4-12-20)23-24-25(28(37)34(27(24)36)19-9-5-17(31)6-10-19)41-29-26(23)42-30(38)33(29)15-22(35)32-18-7-13-21(40-2)14-8-18/h3-14,23-25H,15H2,1-2H3,(H,32,35)/t23-,24+,25-/m0/s1. The summed E-state index contributed by atoms with van der Waals surface area (Å²) in [6.07, 6.45) is 0. The third kappa shape index (κ3) is 4.97. The molecule has 4 aromatic rings.